The summed E-state index contributed by atoms with van der Waals surface area (Å²) in [6.45, 7) is 4.59. The van der Waals surface area contributed by atoms with Gasteiger partial charge in [0.25, 0.3) is 5.91 Å². The Hall–Kier alpha value is -0.570. The van der Waals surface area contributed by atoms with E-state index in [2.05, 4.69) is 5.32 Å². The zero-order valence-corrected chi connectivity index (χ0v) is 7.93. The topological polar surface area (TPSA) is 49.0 Å². The quantitative estimate of drug-likeness (QED) is 0.606. The summed E-state index contributed by atoms with van der Waals surface area (Å²) < 4.78 is 0. The molecule has 0 fully saturated rings. The SMILES string of the molecule is CCCCNC(=O)C([O])CCC. The Kier molecular flexibility index (Phi) is 6.76. The van der Waals surface area contributed by atoms with Crippen molar-refractivity contribution < 1.29 is 9.90 Å². The molecule has 1 amide bonds. The summed E-state index contributed by atoms with van der Waals surface area (Å²) >= 11 is 0. The molecular weight excluding hydrogens is 154 g/mol. The predicted octanol–water partition coefficient (Wildman–Crippen LogP) is 1.50. The lowest BCUT2D eigenvalue weighted by Crippen LogP contribution is -2.34. The van der Waals surface area contributed by atoms with Crippen LogP contribution in [0.5, 0.6) is 0 Å². The van der Waals surface area contributed by atoms with Crippen LogP contribution >= 0.6 is 0 Å². The van der Waals surface area contributed by atoms with Crippen LogP contribution < -0.4 is 5.32 Å². The van der Waals surface area contributed by atoms with E-state index in [0.717, 1.165) is 19.3 Å². The molecule has 71 valence electrons. The molecule has 0 aromatic rings. The third kappa shape index (κ3) is 5.13. The monoisotopic (exact) mass is 172 g/mol. The van der Waals surface area contributed by atoms with Gasteiger partial charge in [-0.3, -0.25) is 4.79 Å². The van der Waals surface area contributed by atoms with Crippen molar-refractivity contribution in [2.24, 2.45) is 0 Å². The molecule has 1 radical (unpaired) electrons. The first-order chi connectivity index (χ1) is 5.72. The van der Waals surface area contributed by atoms with Crippen LogP contribution in [0.1, 0.15) is 39.5 Å². The number of rotatable bonds is 6. The van der Waals surface area contributed by atoms with Crippen molar-refractivity contribution in [3.05, 3.63) is 0 Å². The molecule has 0 bridgehead atoms. The minimum Gasteiger partial charge on any atom is -0.354 e. The molecule has 12 heavy (non-hydrogen) atoms. The molecule has 0 saturated heterocycles. The molecule has 0 aromatic carbocycles. The number of carbonyl (C=O) groups is 1. The van der Waals surface area contributed by atoms with Crippen molar-refractivity contribution >= 4 is 5.91 Å². The van der Waals surface area contributed by atoms with E-state index in [1.807, 2.05) is 13.8 Å². The largest absolute Gasteiger partial charge is 0.354 e. The number of carbonyl (C=O) groups excluding carboxylic acids is 1. The zero-order valence-electron chi connectivity index (χ0n) is 7.93. The van der Waals surface area contributed by atoms with Crippen molar-refractivity contribution in [1.29, 1.82) is 0 Å². The zero-order chi connectivity index (χ0) is 9.40. The summed E-state index contributed by atoms with van der Waals surface area (Å²) in [7, 11) is 0. The third-order valence-electron chi connectivity index (χ3n) is 1.67. The molecule has 1 N–H and O–H groups in total. The van der Waals surface area contributed by atoms with E-state index in [4.69, 9.17) is 0 Å². The highest BCUT2D eigenvalue weighted by atomic mass is 16.3. The van der Waals surface area contributed by atoms with Gasteiger partial charge in [0.1, 0.15) is 0 Å². The number of nitrogens with one attached hydrogen (secondary N) is 1. The minimum absolute atomic E-state index is 0.342. The van der Waals surface area contributed by atoms with Crippen LogP contribution in [-0.4, -0.2) is 18.6 Å². The van der Waals surface area contributed by atoms with Gasteiger partial charge in [-0.2, -0.15) is 0 Å². The molecule has 0 aliphatic heterocycles. The Labute approximate surface area is 74.2 Å². The maximum absolute atomic E-state index is 11.0. The lowest BCUT2D eigenvalue weighted by atomic mass is 10.2. The van der Waals surface area contributed by atoms with Crippen molar-refractivity contribution in [2.75, 3.05) is 6.54 Å². The van der Waals surface area contributed by atoms with E-state index in [9.17, 15) is 9.90 Å². The molecule has 0 spiro atoms. The molecule has 0 aromatic heterocycles. The molecule has 1 unspecified atom stereocenters. The Bertz CT molecular complexity index is 126. The smallest absolute Gasteiger partial charge is 0.252 e. The summed E-state index contributed by atoms with van der Waals surface area (Å²) in [4.78, 5) is 11.0. The van der Waals surface area contributed by atoms with Crippen molar-refractivity contribution in [1.82, 2.24) is 5.32 Å². The first-order valence-electron chi connectivity index (χ1n) is 4.65. The number of amides is 1. The van der Waals surface area contributed by atoms with Gasteiger partial charge in [0.15, 0.2) is 6.10 Å². The van der Waals surface area contributed by atoms with Gasteiger partial charge in [0, 0.05) is 6.54 Å². The summed E-state index contributed by atoms with van der Waals surface area (Å²) in [5, 5.41) is 13.6. The molecular formula is C9H18NO2. The Morgan fingerprint density at radius 1 is 1.33 bits per heavy atom. The van der Waals surface area contributed by atoms with Gasteiger partial charge in [-0.15, -0.1) is 0 Å². The van der Waals surface area contributed by atoms with Gasteiger partial charge in [0.2, 0.25) is 0 Å². The standard InChI is InChI=1S/C9H18NO2/c1-3-5-7-10-9(12)8(11)6-4-2/h8H,3-7H2,1-2H3,(H,10,12). The Morgan fingerprint density at radius 2 is 2.00 bits per heavy atom. The normalized spacial score (nSPS) is 12.6. The average Bonchev–Trinajstić information content (AvgIpc) is 2.05. The molecule has 0 heterocycles. The van der Waals surface area contributed by atoms with Gasteiger partial charge in [-0.25, -0.2) is 5.11 Å². The average molecular weight is 172 g/mol. The van der Waals surface area contributed by atoms with Crippen LogP contribution in [0.2, 0.25) is 0 Å². The second-order valence-corrected chi connectivity index (χ2v) is 2.92. The molecule has 1 atom stereocenters. The highest BCUT2D eigenvalue weighted by Gasteiger charge is 2.14. The molecule has 0 rings (SSSR count). The van der Waals surface area contributed by atoms with Crippen LogP contribution in [0.4, 0.5) is 0 Å². The summed E-state index contributed by atoms with van der Waals surface area (Å²) in [6.07, 6.45) is 2.14. The van der Waals surface area contributed by atoms with Crippen LogP contribution in [0.3, 0.4) is 0 Å². The predicted molar refractivity (Wildman–Crippen MR) is 47.3 cm³/mol. The van der Waals surface area contributed by atoms with Crippen molar-refractivity contribution in [3.8, 4) is 0 Å². The van der Waals surface area contributed by atoms with E-state index in [1.165, 1.54) is 0 Å². The van der Waals surface area contributed by atoms with E-state index in [-0.39, 0.29) is 5.91 Å². The van der Waals surface area contributed by atoms with E-state index < -0.39 is 6.10 Å². The number of unbranched alkanes of at least 4 members (excludes halogenated alkanes) is 1. The van der Waals surface area contributed by atoms with Gasteiger partial charge < -0.3 is 5.32 Å². The highest BCUT2D eigenvalue weighted by molar-refractivity contribution is 5.80. The van der Waals surface area contributed by atoms with Crippen LogP contribution in [-0.2, 0) is 9.90 Å². The first kappa shape index (κ1) is 11.4. The fourth-order valence-electron chi connectivity index (χ4n) is 0.895. The number of hydrogen-bond donors (Lipinski definition) is 1. The van der Waals surface area contributed by atoms with Gasteiger partial charge >= 0.3 is 0 Å². The maximum atomic E-state index is 11.0. The fraction of sp³-hybridized carbons (Fsp3) is 0.889. The summed E-state index contributed by atoms with van der Waals surface area (Å²) in [5.41, 5.74) is 0. The molecule has 3 heteroatoms. The third-order valence-corrected chi connectivity index (χ3v) is 1.67. The molecule has 0 aliphatic rings. The lowest BCUT2D eigenvalue weighted by Gasteiger charge is -2.07. The van der Waals surface area contributed by atoms with E-state index >= 15 is 0 Å². The second-order valence-electron chi connectivity index (χ2n) is 2.92. The fourth-order valence-corrected chi connectivity index (χ4v) is 0.895. The van der Waals surface area contributed by atoms with Crippen LogP contribution in [0.25, 0.3) is 0 Å². The second kappa shape index (κ2) is 7.10. The van der Waals surface area contributed by atoms with E-state index in [1.54, 1.807) is 0 Å². The lowest BCUT2D eigenvalue weighted by molar-refractivity contribution is -0.133. The highest BCUT2D eigenvalue weighted by Crippen LogP contribution is 1.96. The number of hydrogen-bond acceptors (Lipinski definition) is 1. The van der Waals surface area contributed by atoms with Gasteiger partial charge in [0.05, 0.1) is 0 Å². The first-order valence-corrected chi connectivity index (χ1v) is 4.65. The van der Waals surface area contributed by atoms with Gasteiger partial charge in [-0.05, 0) is 12.8 Å². The van der Waals surface area contributed by atoms with E-state index in [0.29, 0.717) is 13.0 Å². The Balaban J connectivity index is 3.43. The maximum Gasteiger partial charge on any atom is 0.252 e. The molecule has 3 nitrogen and oxygen atoms in total. The van der Waals surface area contributed by atoms with Gasteiger partial charge in [-0.1, -0.05) is 26.7 Å². The van der Waals surface area contributed by atoms with Crippen molar-refractivity contribution in [2.45, 2.75) is 45.6 Å². The summed E-state index contributed by atoms with van der Waals surface area (Å²) in [6, 6.07) is 0. The Morgan fingerprint density at radius 3 is 2.50 bits per heavy atom. The minimum atomic E-state index is -1.06. The summed E-state index contributed by atoms with van der Waals surface area (Å²) in [5.74, 6) is -0.342. The molecule has 0 saturated carbocycles. The molecule has 0 aliphatic carbocycles. The van der Waals surface area contributed by atoms with Crippen LogP contribution in [0.15, 0.2) is 0 Å². The van der Waals surface area contributed by atoms with Crippen molar-refractivity contribution in [3.63, 3.8) is 0 Å². The van der Waals surface area contributed by atoms with Crippen LogP contribution in [0, 0.1) is 0 Å².